The maximum absolute atomic E-state index is 12.5. The molecule has 0 atom stereocenters. The lowest BCUT2D eigenvalue weighted by molar-refractivity contribution is -0.125. The van der Waals surface area contributed by atoms with Gasteiger partial charge >= 0.3 is 6.09 Å². The van der Waals surface area contributed by atoms with Gasteiger partial charge in [0.1, 0.15) is 5.60 Å². The number of ether oxygens (including phenoxy) is 1. The third-order valence-corrected chi connectivity index (χ3v) is 4.48. The molecule has 0 N–H and O–H groups in total. The maximum atomic E-state index is 12.5. The van der Waals surface area contributed by atoms with Crippen LogP contribution in [0, 0.1) is 0 Å². The zero-order valence-corrected chi connectivity index (χ0v) is 17.2. The molecule has 1 aliphatic heterocycles. The standard InChI is InChI=1S/C22H32N2O3/c1-17(2)19-10-7-18(8-11-19)9-12-20(25)23-13-6-14-24(16-15-23)21(26)27-22(3,4)5/h7-12,17H,6,13-16H2,1-5H3/b12-9+. The summed E-state index contributed by atoms with van der Waals surface area (Å²) in [4.78, 5) is 28.2. The van der Waals surface area contributed by atoms with Gasteiger partial charge in [-0.2, -0.15) is 0 Å². The highest BCUT2D eigenvalue weighted by Gasteiger charge is 2.25. The second-order valence-electron chi connectivity index (χ2n) is 8.30. The molecule has 0 spiro atoms. The maximum Gasteiger partial charge on any atom is 0.410 e. The van der Waals surface area contributed by atoms with Crippen LogP contribution in [0.2, 0.25) is 0 Å². The Labute approximate surface area is 163 Å². The monoisotopic (exact) mass is 372 g/mol. The number of hydrogen-bond acceptors (Lipinski definition) is 3. The molecule has 0 unspecified atom stereocenters. The summed E-state index contributed by atoms with van der Waals surface area (Å²) in [6.45, 7) is 12.2. The summed E-state index contributed by atoms with van der Waals surface area (Å²) in [5.74, 6) is 0.476. The van der Waals surface area contributed by atoms with Crippen LogP contribution in [-0.2, 0) is 9.53 Å². The molecule has 0 saturated carbocycles. The first-order chi connectivity index (χ1) is 12.7. The van der Waals surface area contributed by atoms with Crippen LogP contribution in [0.25, 0.3) is 6.08 Å². The molecule has 0 aromatic heterocycles. The second-order valence-corrected chi connectivity index (χ2v) is 8.30. The summed E-state index contributed by atoms with van der Waals surface area (Å²) in [6, 6.07) is 8.26. The quantitative estimate of drug-likeness (QED) is 0.744. The summed E-state index contributed by atoms with van der Waals surface area (Å²) >= 11 is 0. The number of rotatable bonds is 3. The van der Waals surface area contributed by atoms with Crippen LogP contribution in [0.15, 0.2) is 30.3 Å². The molecule has 1 saturated heterocycles. The molecule has 5 nitrogen and oxygen atoms in total. The number of carbonyl (C=O) groups excluding carboxylic acids is 2. The highest BCUT2D eigenvalue weighted by atomic mass is 16.6. The topological polar surface area (TPSA) is 49.9 Å². The second kappa shape index (κ2) is 9.07. The van der Waals surface area contributed by atoms with E-state index in [1.54, 1.807) is 15.9 Å². The van der Waals surface area contributed by atoms with E-state index >= 15 is 0 Å². The minimum atomic E-state index is -0.507. The van der Waals surface area contributed by atoms with E-state index in [1.807, 2.05) is 39.0 Å². The van der Waals surface area contributed by atoms with Gasteiger partial charge in [-0.25, -0.2) is 4.79 Å². The first-order valence-electron chi connectivity index (χ1n) is 9.70. The molecule has 2 amide bonds. The number of amides is 2. The lowest BCUT2D eigenvalue weighted by atomic mass is 10.0. The smallest absolute Gasteiger partial charge is 0.410 e. The average molecular weight is 373 g/mol. The average Bonchev–Trinajstić information content (AvgIpc) is 2.85. The molecule has 27 heavy (non-hydrogen) atoms. The summed E-state index contributed by atoms with van der Waals surface area (Å²) in [7, 11) is 0. The van der Waals surface area contributed by atoms with Gasteiger partial charge in [-0.05, 0) is 50.3 Å². The highest BCUT2D eigenvalue weighted by Crippen LogP contribution is 2.16. The number of carbonyl (C=O) groups is 2. The van der Waals surface area contributed by atoms with Crippen LogP contribution in [-0.4, -0.2) is 53.6 Å². The Morgan fingerprint density at radius 3 is 2.19 bits per heavy atom. The van der Waals surface area contributed by atoms with Gasteiger partial charge in [0.25, 0.3) is 0 Å². The highest BCUT2D eigenvalue weighted by molar-refractivity contribution is 5.91. The molecule has 0 radical (unpaired) electrons. The third-order valence-electron chi connectivity index (χ3n) is 4.48. The molecule has 0 bridgehead atoms. The van der Waals surface area contributed by atoms with Crippen molar-refractivity contribution in [3.63, 3.8) is 0 Å². The Kier molecular flexibility index (Phi) is 7.05. The van der Waals surface area contributed by atoms with E-state index in [0.29, 0.717) is 32.1 Å². The molecule has 5 heteroatoms. The third kappa shape index (κ3) is 6.74. The van der Waals surface area contributed by atoms with Crippen LogP contribution in [0.5, 0.6) is 0 Å². The minimum Gasteiger partial charge on any atom is -0.444 e. The van der Waals surface area contributed by atoms with Gasteiger partial charge in [0.15, 0.2) is 0 Å². The predicted molar refractivity (Wildman–Crippen MR) is 109 cm³/mol. The summed E-state index contributed by atoms with van der Waals surface area (Å²) in [5.41, 5.74) is 1.79. The fourth-order valence-corrected chi connectivity index (χ4v) is 2.91. The molecule has 1 fully saturated rings. The Morgan fingerprint density at radius 1 is 1.00 bits per heavy atom. The van der Waals surface area contributed by atoms with E-state index in [1.165, 1.54) is 5.56 Å². The molecule has 0 aliphatic carbocycles. The van der Waals surface area contributed by atoms with E-state index in [4.69, 9.17) is 4.74 Å². The van der Waals surface area contributed by atoms with Gasteiger partial charge in [0.05, 0.1) is 0 Å². The van der Waals surface area contributed by atoms with E-state index in [0.717, 1.165) is 12.0 Å². The van der Waals surface area contributed by atoms with Gasteiger partial charge in [-0.15, -0.1) is 0 Å². The number of nitrogens with zero attached hydrogens (tertiary/aromatic N) is 2. The van der Waals surface area contributed by atoms with E-state index in [2.05, 4.69) is 26.0 Å². The van der Waals surface area contributed by atoms with Crippen molar-refractivity contribution < 1.29 is 14.3 Å². The Balaban J connectivity index is 1.90. The summed E-state index contributed by atoms with van der Waals surface area (Å²) in [5, 5.41) is 0. The van der Waals surface area contributed by atoms with Crippen molar-refractivity contribution in [2.75, 3.05) is 26.2 Å². The normalized spacial score (nSPS) is 15.9. The van der Waals surface area contributed by atoms with Gasteiger partial charge < -0.3 is 14.5 Å². The molecule has 1 heterocycles. The van der Waals surface area contributed by atoms with Gasteiger partial charge in [0, 0.05) is 32.3 Å². The fraction of sp³-hybridized carbons (Fsp3) is 0.545. The van der Waals surface area contributed by atoms with Gasteiger partial charge in [-0.1, -0.05) is 38.1 Å². The van der Waals surface area contributed by atoms with Crippen LogP contribution < -0.4 is 0 Å². The molecule has 2 rings (SSSR count). The largest absolute Gasteiger partial charge is 0.444 e. The minimum absolute atomic E-state index is 0.0195. The van der Waals surface area contributed by atoms with Crippen molar-refractivity contribution in [3.8, 4) is 0 Å². The first kappa shape index (κ1) is 21.0. The molecule has 1 aliphatic rings. The fourth-order valence-electron chi connectivity index (χ4n) is 2.91. The summed E-state index contributed by atoms with van der Waals surface area (Å²) in [6.07, 6.45) is 3.91. The van der Waals surface area contributed by atoms with Crippen LogP contribution in [0.3, 0.4) is 0 Å². The molecule has 1 aromatic rings. The number of benzene rings is 1. The van der Waals surface area contributed by atoms with E-state index in [-0.39, 0.29) is 12.0 Å². The molecular weight excluding hydrogens is 340 g/mol. The molecule has 148 valence electrons. The van der Waals surface area contributed by atoms with E-state index in [9.17, 15) is 9.59 Å². The summed E-state index contributed by atoms with van der Waals surface area (Å²) < 4.78 is 5.43. The molecule has 1 aromatic carbocycles. The Morgan fingerprint density at radius 2 is 1.59 bits per heavy atom. The van der Waals surface area contributed by atoms with Crippen molar-refractivity contribution in [2.45, 2.75) is 52.6 Å². The Bertz CT molecular complexity index is 672. The van der Waals surface area contributed by atoms with Gasteiger partial charge in [-0.3, -0.25) is 4.79 Å². The lowest BCUT2D eigenvalue weighted by Gasteiger charge is -2.26. The Hall–Kier alpha value is -2.30. The lowest BCUT2D eigenvalue weighted by Crippen LogP contribution is -2.39. The molecular formula is C22H32N2O3. The van der Waals surface area contributed by atoms with Gasteiger partial charge in [0.2, 0.25) is 5.91 Å². The zero-order chi connectivity index (χ0) is 20.0. The van der Waals surface area contributed by atoms with Crippen LogP contribution in [0.4, 0.5) is 4.79 Å². The van der Waals surface area contributed by atoms with Crippen molar-refractivity contribution in [1.29, 1.82) is 0 Å². The van der Waals surface area contributed by atoms with Crippen molar-refractivity contribution in [1.82, 2.24) is 9.80 Å². The number of hydrogen-bond donors (Lipinski definition) is 0. The van der Waals surface area contributed by atoms with Crippen molar-refractivity contribution >= 4 is 18.1 Å². The van der Waals surface area contributed by atoms with E-state index < -0.39 is 5.60 Å². The van der Waals surface area contributed by atoms with Crippen LogP contribution in [0.1, 0.15) is 58.1 Å². The zero-order valence-electron chi connectivity index (χ0n) is 17.2. The van der Waals surface area contributed by atoms with Crippen molar-refractivity contribution in [2.24, 2.45) is 0 Å². The van der Waals surface area contributed by atoms with Crippen molar-refractivity contribution in [3.05, 3.63) is 41.5 Å². The first-order valence-corrected chi connectivity index (χ1v) is 9.70. The predicted octanol–water partition coefficient (Wildman–Crippen LogP) is 4.29. The SMILES string of the molecule is CC(C)c1ccc(/C=C/C(=O)N2CCCN(C(=O)OC(C)(C)C)CC2)cc1. The van der Waals surface area contributed by atoms with Crippen LogP contribution >= 0.6 is 0 Å².